The van der Waals surface area contributed by atoms with Crippen LogP contribution in [0.3, 0.4) is 0 Å². The minimum Gasteiger partial charge on any atom is -0.495 e. The van der Waals surface area contributed by atoms with E-state index >= 15 is 0 Å². The Labute approximate surface area is 270 Å². The van der Waals surface area contributed by atoms with E-state index in [9.17, 15) is 18.0 Å². The average molecular weight is 648 g/mol. The van der Waals surface area contributed by atoms with Crippen LogP contribution in [-0.4, -0.2) is 50.9 Å². The number of hydrogen-bond acceptors (Lipinski definition) is 5. The van der Waals surface area contributed by atoms with Gasteiger partial charge in [-0.2, -0.15) is 0 Å². The van der Waals surface area contributed by atoms with Crippen LogP contribution in [0.1, 0.15) is 30.5 Å². The molecule has 0 heterocycles. The van der Waals surface area contributed by atoms with Crippen LogP contribution in [0.25, 0.3) is 0 Å². The van der Waals surface area contributed by atoms with Crippen molar-refractivity contribution < 1.29 is 22.7 Å². The number of halogens is 1. The highest BCUT2D eigenvalue weighted by atomic mass is 35.5. The van der Waals surface area contributed by atoms with Crippen LogP contribution in [0.5, 0.6) is 5.75 Å². The van der Waals surface area contributed by atoms with E-state index in [4.69, 9.17) is 16.3 Å². The summed E-state index contributed by atoms with van der Waals surface area (Å²) >= 11 is 6.14. The zero-order valence-corrected chi connectivity index (χ0v) is 27.4. The normalized spacial score (nSPS) is 12.0. The molecule has 8 nitrogen and oxygen atoms in total. The van der Waals surface area contributed by atoms with Gasteiger partial charge in [-0.1, -0.05) is 83.9 Å². The number of methoxy groups -OCH3 is 1. The van der Waals surface area contributed by atoms with Gasteiger partial charge in [0.05, 0.1) is 17.7 Å². The van der Waals surface area contributed by atoms with E-state index in [0.717, 1.165) is 21.0 Å². The molecule has 0 aliphatic carbocycles. The van der Waals surface area contributed by atoms with Gasteiger partial charge >= 0.3 is 0 Å². The molecule has 4 aromatic carbocycles. The smallest absolute Gasteiger partial charge is 0.264 e. The van der Waals surface area contributed by atoms with Gasteiger partial charge in [0.1, 0.15) is 18.3 Å². The van der Waals surface area contributed by atoms with Crippen LogP contribution < -0.4 is 14.4 Å². The van der Waals surface area contributed by atoms with Gasteiger partial charge in [0.25, 0.3) is 10.0 Å². The highest BCUT2D eigenvalue weighted by Crippen LogP contribution is 2.33. The van der Waals surface area contributed by atoms with Gasteiger partial charge in [-0.15, -0.1) is 0 Å². The molecule has 0 aromatic heterocycles. The molecule has 0 bridgehead atoms. The monoisotopic (exact) mass is 647 g/mol. The Balaban J connectivity index is 1.83. The third-order valence-electron chi connectivity index (χ3n) is 7.21. The maximum absolute atomic E-state index is 14.5. The Morgan fingerprint density at radius 3 is 2.09 bits per heavy atom. The zero-order chi connectivity index (χ0) is 32.6. The molecule has 1 unspecified atom stereocenters. The maximum atomic E-state index is 14.5. The van der Waals surface area contributed by atoms with Crippen LogP contribution in [0.4, 0.5) is 5.69 Å². The third kappa shape index (κ3) is 8.65. The number of hydrogen-bond donors (Lipinski definition) is 1. The molecule has 0 saturated carbocycles. The fourth-order valence-corrected chi connectivity index (χ4v) is 6.46. The van der Waals surface area contributed by atoms with E-state index in [1.54, 1.807) is 60.7 Å². The Kier molecular flexibility index (Phi) is 11.3. The number of aryl methyl sites for hydroxylation is 1. The predicted molar refractivity (Wildman–Crippen MR) is 178 cm³/mol. The van der Waals surface area contributed by atoms with Crippen molar-refractivity contribution in [1.29, 1.82) is 0 Å². The summed E-state index contributed by atoms with van der Waals surface area (Å²) in [7, 11) is -2.81. The van der Waals surface area contributed by atoms with E-state index in [0.29, 0.717) is 5.02 Å². The second-order valence-electron chi connectivity index (χ2n) is 11.0. The van der Waals surface area contributed by atoms with Crippen LogP contribution in [0, 0.1) is 6.92 Å². The van der Waals surface area contributed by atoms with Crippen molar-refractivity contribution in [2.24, 2.45) is 0 Å². The number of sulfonamides is 1. The summed E-state index contributed by atoms with van der Waals surface area (Å²) < 4.78 is 35.0. The maximum Gasteiger partial charge on any atom is 0.264 e. The van der Waals surface area contributed by atoms with Gasteiger partial charge in [-0.05, 0) is 68.3 Å². The lowest BCUT2D eigenvalue weighted by Gasteiger charge is -2.34. The SMILES string of the molecule is COc1ccccc1N(CC(=O)N(Cc1ccc(Cl)cc1)C(Cc1ccccc1)C(=O)NC(C)C)S(=O)(=O)c1ccc(C)cc1. The number of benzene rings is 4. The van der Waals surface area contributed by atoms with Crippen molar-refractivity contribution in [2.75, 3.05) is 18.0 Å². The summed E-state index contributed by atoms with van der Waals surface area (Å²) in [5.41, 5.74) is 2.67. The van der Waals surface area contributed by atoms with Gasteiger partial charge in [0.15, 0.2) is 0 Å². The van der Waals surface area contributed by atoms with Gasteiger partial charge in [-0.25, -0.2) is 8.42 Å². The minimum atomic E-state index is -4.25. The van der Waals surface area contributed by atoms with Crippen LogP contribution >= 0.6 is 11.6 Å². The molecule has 45 heavy (non-hydrogen) atoms. The van der Waals surface area contributed by atoms with Crippen molar-refractivity contribution >= 4 is 39.1 Å². The zero-order valence-electron chi connectivity index (χ0n) is 25.8. The van der Waals surface area contributed by atoms with Crippen molar-refractivity contribution in [3.63, 3.8) is 0 Å². The summed E-state index contributed by atoms with van der Waals surface area (Å²) in [5, 5.41) is 3.48. The Morgan fingerprint density at radius 1 is 0.844 bits per heavy atom. The molecule has 0 spiro atoms. The van der Waals surface area contributed by atoms with Crippen molar-refractivity contribution in [3.05, 3.63) is 125 Å². The molecular weight excluding hydrogens is 610 g/mol. The number of para-hydroxylation sites is 2. The summed E-state index contributed by atoms with van der Waals surface area (Å²) in [6.07, 6.45) is 0.220. The molecule has 1 N–H and O–H groups in total. The molecule has 4 rings (SSSR count). The van der Waals surface area contributed by atoms with E-state index in [2.05, 4.69) is 5.32 Å². The number of nitrogens with zero attached hydrogens (tertiary/aromatic N) is 2. The van der Waals surface area contributed by atoms with E-state index < -0.39 is 28.5 Å². The Morgan fingerprint density at radius 2 is 1.47 bits per heavy atom. The molecule has 0 radical (unpaired) electrons. The number of rotatable bonds is 13. The first-order valence-electron chi connectivity index (χ1n) is 14.6. The highest BCUT2D eigenvalue weighted by molar-refractivity contribution is 7.92. The fourth-order valence-electron chi connectivity index (χ4n) is 4.91. The first-order chi connectivity index (χ1) is 21.5. The lowest BCUT2D eigenvalue weighted by molar-refractivity contribution is -0.140. The highest BCUT2D eigenvalue weighted by Gasteiger charge is 2.35. The first kappa shape index (κ1) is 33.6. The second-order valence-corrected chi connectivity index (χ2v) is 13.3. The van der Waals surface area contributed by atoms with E-state index in [1.165, 1.54) is 24.1 Å². The summed E-state index contributed by atoms with van der Waals surface area (Å²) in [5.74, 6) is -0.628. The number of ether oxygens (including phenoxy) is 1. The topological polar surface area (TPSA) is 96.0 Å². The van der Waals surface area contributed by atoms with Crippen LogP contribution in [0.2, 0.25) is 5.02 Å². The minimum absolute atomic E-state index is 0.0226. The molecule has 0 saturated heterocycles. The van der Waals surface area contributed by atoms with Crippen molar-refractivity contribution in [2.45, 2.75) is 50.7 Å². The lowest BCUT2D eigenvalue weighted by Crippen LogP contribution is -2.54. The largest absolute Gasteiger partial charge is 0.495 e. The molecule has 0 aliphatic rings. The first-order valence-corrected chi connectivity index (χ1v) is 16.4. The lowest BCUT2D eigenvalue weighted by atomic mass is 10.0. The molecule has 2 amide bonds. The van der Waals surface area contributed by atoms with Crippen LogP contribution in [-0.2, 0) is 32.6 Å². The summed E-state index contributed by atoms with van der Waals surface area (Å²) in [6.45, 7) is 5.02. The molecule has 236 valence electrons. The molecule has 0 aliphatic heterocycles. The molecule has 1 atom stereocenters. The van der Waals surface area contributed by atoms with Crippen LogP contribution in [0.15, 0.2) is 108 Å². The number of nitrogens with one attached hydrogen (secondary N) is 1. The number of anilines is 1. The van der Waals surface area contributed by atoms with Gasteiger partial charge in [0.2, 0.25) is 11.8 Å². The van der Waals surface area contributed by atoms with Crippen molar-refractivity contribution in [1.82, 2.24) is 10.2 Å². The number of carbonyl (C=O) groups is 2. The second kappa shape index (κ2) is 15.1. The summed E-state index contributed by atoms with van der Waals surface area (Å²) in [4.78, 5) is 29.8. The average Bonchev–Trinajstić information content (AvgIpc) is 3.02. The third-order valence-corrected chi connectivity index (χ3v) is 9.24. The van der Waals surface area contributed by atoms with Gasteiger partial charge in [-0.3, -0.25) is 13.9 Å². The predicted octanol–water partition coefficient (Wildman–Crippen LogP) is 6.02. The molecular formula is C35H38ClN3O5S. The van der Waals surface area contributed by atoms with Gasteiger partial charge < -0.3 is 15.0 Å². The standard InChI is InChI=1S/C35H38ClN3O5S/c1-25(2)37-35(41)32(22-27-10-6-5-7-11-27)38(23-28-16-18-29(36)19-17-28)34(40)24-39(31-12-8-9-13-33(31)44-4)45(42,43)30-20-14-26(3)15-21-30/h5-21,25,32H,22-24H2,1-4H3,(H,37,41). The number of carbonyl (C=O) groups excluding carboxylic acids is 2. The van der Waals surface area contributed by atoms with E-state index in [1.807, 2.05) is 51.1 Å². The van der Waals surface area contributed by atoms with E-state index in [-0.39, 0.29) is 41.2 Å². The van der Waals surface area contributed by atoms with Crippen molar-refractivity contribution in [3.8, 4) is 5.75 Å². The van der Waals surface area contributed by atoms with Gasteiger partial charge in [0, 0.05) is 24.0 Å². The Hall–Kier alpha value is -4.34. The quantitative estimate of drug-likeness (QED) is 0.192. The molecule has 10 heteroatoms. The fraction of sp³-hybridized carbons (Fsp3) is 0.257. The molecule has 0 fully saturated rings. The number of amides is 2. The Bertz CT molecular complexity index is 1700. The molecule has 4 aromatic rings. The summed E-state index contributed by atoms with van der Waals surface area (Å²) in [6, 6.07) is 28.3.